The molecule has 3 N–H and O–H groups in total. The third-order valence-corrected chi connectivity index (χ3v) is 4.02. The van der Waals surface area contributed by atoms with Crippen LogP contribution in [-0.2, 0) is 4.74 Å². The van der Waals surface area contributed by atoms with Crippen LogP contribution in [-0.4, -0.2) is 12.7 Å². The van der Waals surface area contributed by atoms with Crippen molar-refractivity contribution in [2.45, 2.75) is 25.5 Å². The van der Waals surface area contributed by atoms with E-state index in [0.717, 1.165) is 0 Å². The van der Waals surface area contributed by atoms with Gasteiger partial charge in [-0.25, -0.2) is 9.82 Å². The first-order valence-electron chi connectivity index (χ1n) is 4.99. The molecule has 0 bridgehead atoms. The number of ether oxygens (including phenoxy) is 1. The van der Waals surface area contributed by atoms with E-state index in [1.807, 2.05) is 13.8 Å². The zero-order chi connectivity index (χ0) is 13.2. The summed E-state index contributed by atoms with van der Waals surface area (Å²) in [4.78, 5) is 0. The summed E-state index contributed by atoms with van der Waals surface area (Å²) in [5.74, 6) is 4.97. The molecule has 0 aliphatic heterocycles. The maximum Gasteiger partial charge on any atom is 0.147 e. The van der Waals surface area contributed by atoms with E-state index in [1.54, 1.807) is 19.2 Å². The standard InChI is InChI=1S/C11H15BrClFN2O/c1-11(2,17-3)10(16-15)6-4-5-7(12)8(13)9(6)14/h4-5,10,16H,15H2,1-3H3. The van der Waals surface area contributed by atoms with Gasteiger partial charge in [-0.2, -0.15) is 0 Å². The van der Waals surface area contributed by atoms with Gasteiger partial charge < -0.3 is 4.74 Å². The largest absolute Gasteiger partial charge is 0.377 e. The van der Waals surface area contributed by atoms with Crippen LogP contribution < -0.4 is 11.3 Å². The van der Waals surface area contributed by atoms with Gasteiger partial charge in [0, 0.05) is 17.1 Å². The highest BCUT2D eigenvalue weighted by molar-refractivity contribution is 9.10. The molecule has 0 aliphatic carbocycles. The van der Waals surface area contributed by atoms with Gasteiger partial charge in [0.15, 0.2) is 0 Å². The molecule has 0 amide bonds. The van der Waals surface area contributed by atoms with Crippen molar-refractivity contribution in [1.29, 1.82) is 0 Å². The Morgan fingerprint density at radius 2 is 2.12 bits per heavy atom. The number of hydrogen-bond donors (Lipinski definition) is 2. The molecular weight excluding hydrogens is 310 g/mol. The third kappa shape index (κ3) is 2.98. The van der Waals surface area contributed by atoms with E-state index in [4.69, 9.17) is 22.2 Å². The van der Waals surface area contributed by atoms with Crippen LogP contribution in [0.15, 0.2) is 16.6 Å². The predicted octanol–water partition coefficient (Wildman–Crippen LogP) is 3.17. The van der Waals surface area contributed by atoms with Crippen molar-refractivity contribution in [3.05, 3.63) is 33.0 Å². The molecule has 0 heterocycles. The molecule has 1 aromatic rings. The predicted molar refractivity (Wildman–Crippen MR) is 70.3 cm³/mol. The maximum atomic E-state index is 14.1. The quantitative estimate of drug-likeness (QED) is 0.508. The normalized spacial score (nSPS) is 13.8. The molecule has 6 heteroatoms. The average Bonchev–Trinajstić information content (AvgIpc) is 2.30. The van der Waals surface area contributed by atoms with Gasteiger partial charge in [-0.1, -0.05) is 17.7 Å². The molecule has 17 heavy (non-hydrogen) atoms. The van der Waals surface area contributed by atoms with Gasteiger partial charge >= 0.3 is 0 Å². The SMILES string of the molecule is COC(C)(C)C(NN)c1ccc(Br)c(Cl)c1F. The topological polar surface area (TPSA) is 47.3 Å². The van der Waals surface area contributed by atoms with Gasteiger partial charge in [0.05, 0.1) is 16.7 Å². The molecule has 0 spiro atoms. The number of hydrazine groups is 1. The van der Waals surface area contributed by atoms with Crippen LogP contribution in [0.4, 0.5) is 4.39 Å². The average molecular weight is 326 g/mol. The Bertz CT molecular complexity index is 415. The summed E-state index contributed by atoms with van der Waals surface area (Å²) < 4.78 is 19.9. The molecule has 0 saturated heterocycles. The summed E-state index contributed by atoms with van der Waals surface area (Å²) in [6, 6.07) is 2.80. The summed E-state index contributed by atoms with van der Waals surface area (Å²) >= 11 is 9.01. The fourth-order valence-corrected chi connectivity index (χ4v) is 2.02. The molecule has 1 aromatic carbocycles. The second-order valence-corrected chi connectivity index (χ2v) is 5.40. The van der Waals surface area contributed by atoms with Gasteiger partial charge in [0.25, 0.3) is 0 Å². The molecule has 0 aromatic heterocycles. The van der Waals surface area contributed by atoms with Crippen LogP contribution in [0.3, 0.4) is 0 Å². The molecule has 0 saturated carbocycles. The smallest absolute Gasteiger partial charge is 0.147 e. The Morgan fingerprint density at radius 3 is 2.59 bits per heavy atom. The third-order valence-electron chi connectivity index (χ3n) is 2.76. The molecule has 0 radical (unpaired) electrons. The Morgan fingerprint density at radius 1 is 1.53 bits per heavy atom. The molecule has 3 nitrogen and oxygen atoms in total. The summed E-state index contributed by atoms with van der Waals surface area (Å²) in [5, 5.41) is 0.0367. The number of benzene rings is 1. The molecule has 96 valence electrons. The molecule has 1 atom stereocenters. The first-order chi connectivity index (χ1) is 7.85. The number of halogens is 3. The van der Waals surface area contributed by atoms with Gasteiger partial charge in [-0.05, 0) is 35.8 Å². The van der Waals surface area contributed by atoms with Gasteiger partial charge in [-0.3, -0.25) is 5.84 Å². The number of nitrogens with two attached hydrogens (primary N) is 1. The van der Waals surface area contributed by atoms with E-state index in [9.17, 15) is 4.39 Å². The van der Waals surface area contributed by atoms with E-state index in [1.165, 1.54) is 0 Å². The number of methoxy groups -OCH3 is 1. The first kappa shape index (κ1) is 14.9. The van der Waals surface area contributed by atoms with Crippen molar-refractivity contribution in [3.8, 4) is 0 Å². The van der Waals surface area contributed by atoms with E-state index in [0.29, 0.717) is 10.0 Å². The monoisotopic (exact) mass is 324 g/mol. The van der Waals surface area contributed by atoms with Crippen LogP contribution in [0.1, 0.15) is 25.5 Å². The van der Waals surface area contributed by atoms with Crippen molar-refractivity contribution in [2.24, 2.45) is 5.84 Å². The van der Waals surface area contributed by atoms with Crippen LogP contribution in [0, 0.1) is 5.82 Å². The lowest BCUT2D eigenvalue weighted by Crippen LogP contribution is -2.44. The number of hydrogen-bond acceptors (Lipinski definition) is 3. The van der Waals surface area contributed by atoms with Gasteiger partial charge in [-0.15, -0.1) is 0 Å². The molecular formula is C11H15BrClFN2O. The van der Waals surface area contributed by atoms with E-state index < -0.39 is 17.5 Å². The highest BCUT2D eigenvalue weighted by atomic mass is 79.9. The van der Waals surface area contributed by atoms with Crippen LogP contribution in [0.2, 0.25) is 5.02 Å². The highest BCUT2D eigenvalue weighted by Crippen LogP contribution is 2.35. The van der Waals surface area contributed by atoms with Crippen molar-refractivity contribution < 1.29 is 9.13 Å². The summed E-state index contributed by atoms with van der Waals surface area (Å²) in [6.45, 7) is 3.62. The van der Waals surface area contributed by atoms with Crippen LogP contribution >= 0.6 is 27.5 Å². The van der Waals surface area contributed by atoms with Crippen molar-refractivity contribution >= 4 is 27.5 Å². The van der Waals surface area contributed by atoms with E-state index in [2.05, 4.69) is 21.4 Å². The highest BCUT2D eigenvalue weighted by Gasteiger charge is 2.32. The lowest BCUT2D eigenvalue weighted by atomic mass is 9.92. The number of rotatable bonds is 4. The Hall–Kier alpha value is -0.200. The molecule has 0 aliphatic rings. The maximum absolute atomic E-state index is 14.1. The lowest BCUT2D eigenvalue weighted by molar-refractivity contribution is -0.0121. The van der Waals surface area contributed by atoms with Crippen molar-refractivity contribution in [3.63, 3.8) is 0 Å². The fourth-order valence-electron chi connectivity index (χ4n) is 1.55. The minimum atomic E-state index is -0.660. The lowest BCUT2D eigenvalue weighted by Gasteiger charge is -2.33. The zero-order valence-electron chi connectivity index (χ0n) is 9.85. The van der Waals surface area contributed by atoms with E-state index >= 15 is 0 Å². The van der Waals surface area contributed by atoms with Gasteiger partial charge in [0.1, 0.15) is 5.82 Å². The first-order valence-corrected chi connectivity index (χ1v) is 6.17. The summed E-state index contributed by atoms with van der Waals surface area (Å²) in [7, 11) is 1.54. The molecule has 1 rings (SSSR count). The van der Waals surface area contributed by atoms with Gasteiger partial charge in [0.2, 0.25) is 0 Å². The Kier molecular flexibility index (Phi) is 4.92. The number of nitrogens with one attached hydrogen (secondary N) is 1. The fraction of sp³-hybridized carbons (Fsp3) is 0.455. The van der Waals surface area contributed by atoms with Crippen LogP contribution in [0.5, 0.6) is 0 Å². The minimum Gasteiger partial charge on any atom is -0.377 e. The Balaban J connectivity index is 3.27. The second-order valence-electron chi connectivity index (χ2n) is 4.17. The van der Waals surface area contributed by atoms with Crippen LogP contribution in [0.25, 0.3) is 0 Å². The summed E-state index contributed by atoms with van der Waals surface area (Å²) in [6.07, 6.45) is 0. The zero-order valence-corrected chi connectivity index (χ0v) is 12.2. The van der Waals surface area contributed by atoms with Crippen molar-refractivity contribution in [1.82, 2.24) is 5.43 Å². The molecule has 1 unspecified atom stereocenters. The Labute approximate surface area is 114 Å². The minimum absolute atomic E-state index is 0.0367. The summed E-state index contributed by atoms with van der Waals surface area (Å²) in [5.41, 5.74) is 2.27. The van der Waals surface area contributed by atoms with E-state index in [-0.39, 0.29) is 5.02 Å². The van der Waals surface area contributed by atoms with Crippen molar-refractivity contribution in [2.75, 3.05) is 7.11 Å². The molecule has 0 fully saturated rings. The second kappa shape index (κ2) is 5.63.